The molecule has 0 bridgehead atoms. The molecule has 0 amide bonds. The Morgan fingerprint density at radius 3 is 2.00 bits per heavy atom. The van der Waals surface area contributed by atoms with Crippen molar-refractivity contribution in [2.75, 3.05) is 0 Å². The van der Waals surface area contributed by atoms with Crippen LogP contribution in [0.15, 0.2) is 0 Å². The fraction of sp³-hybridized carbons (Fsp3) is 1.00. The van der Waals surface area contributed by atoms with E-state index in [0.717, 1.165) is 0 Å². The van der Waals surface area contributed by atoms with Crippen LogP contribution >= 0.6 is 15.9 Å². The minimum atomic E-state index is -5.57. The van der Waals surface area contributed by atoms with Crippen LogP contribution < -0.4 is 0 Å². The summed E-state index contributed by atoms with van der Waals surface area (Å²) in [5.74, 6) is -4.54. The van der Waals surface area contributed by atoms with E-state index in [9.17, 15) is 26.3 Å². The molecular weight excluding hydrogens is 294 g/mol. The molecule has 1 fully saturated rings. The molecule has 0 spiro atoms. The number of rotatable bonds is 2. The Morgan fingerprint density at radius 2 is 1.67 bits per heavy atom. The van der Waals surface area contributed by atoms with E-state index in [1.807, 2.05) is 0 Å². The summed E-state index contributed by atoms with van der Waals surface area (Å²) in [6.07, 6.45) is -12.0. The standard InChI is InChI=1S/C7H7BrF6O/c8-4-2-1-3(15-4)6(10,11)5(9)7(12,13)14/h3-5H,1-2H2. The molecule has 90 valence electrons. The van der Waals surface area contributed by atoms with E-state index >= 15 is 0 Å². The highest BCUT2D eigenvalue weighted by Crippen LogP contribution is 2.42. The molecule has 0 aromatic carbocycles. The van der Waals surface area contributed by atoms with Gasteiger partial charge in [-0.25, -0.2) is 13.2 Å². The highest BCUT2D eigenvalue weighted by molar-refractivity contribution is 9.09. The first-order chi connectivity index (χ1) is 6.65. The summed E-state index contributed by atoms with van der Waals surface area (Å²) in [7, 11) is 0. The molecule has 0 aromatic heterocycles. The van der Waals surface area contributed by atoms with Crippen molar-refractivity contribution in [1.29, 1.82) is 0 Å². The number of alkyl halides is 7. The van der Waals surface area contributed by atoms with E-state index in [1.54, 1.807) is 0 Å². The first-order valence-corrected chi connectivity index (χ1v) is 4.95. The third kappa shape index (κ3) is 2.77. The molecule has 3 unspecified atom stereocenters. The van der Waals surface area contributed by atoms with Crippen molar-refractivity contribution < 1.29 is 31.1 Å². The molecule has 0 aliphatic carbocycles. The highest BCUT2D eigenvalue weighted by atomic mass is 79.9. The van der Waals surface area contributed by atoms with Crippen molar-refractivity contribution in [3.8, 4) is 0 Å². The van der Waals surface area contributed by atoms with E-state index in [0.29, 0.717) is 0 Å². The Kier molecular flexibility index (Phi) is 3.59. The monoisotopic (exact) mass is 300 g/mol. The molecule has 1 rings (SSSR count). The second-order valence-electron chi connectivity index (χ2n) is 3.19. The topological polar surface area (TPSA) is 9.23 Å². The summed E-state index contributed by atoms with van der Waals surface area (Å²) < 4.78 is 78.2. The lowest BCUT2D eigenvalue weighted by Crippen LogP contribution is -2.49. The van der Waals surface area contributed by atoms with Gasteiger partial charge in [-0.2, -0.15) is 13.2 Å². The van der Waals surface area contributed by atoms with E-state index < -0.39 is 29.4 Å². The number of hydrogen-bond acceptors (Lipinski definition) is 1. The van der Waals surface area contributed by atoms with Gasteiger partial charge < -0.3 is 4.74 Å². The molecule has 15 heavy (non-hydrogen) atoms. The van der Waals surface area contributed by atoms with Gasteiger partial charge in [0.2, 0.25) is 0 Å². The van der Waals surface area contributed by atoms with E-state index in [2.05, 4.69) is 20.7 Å². The van der Waals surface area contributed by atoms with Crippen molar-refractivity contribution in [2.24, 2.45) is 0 Å². The van der Waals surface area contributed by atoms with Crippen LogP contribution in [0.1, 0.15) is 12.8 Å². The molecule has 0 radical (unpaired) electrons. The zero-order valence-electron chi connectivity index (χ0n) is 7.20. The molecule has 1 heterocycles. The molecule has 0 N–H and O–H groups in total. The van der Waals surface area contributed by atoms with Crippen LogP contribution in [0.5, 0.6) is 0 Å². The number of ether oxygens (including phenoxy) is 1. The molecule has 0 aromatic rings. The number of halogens is 7. The van der Waals surface area contributed by atoms with Crippen LogP contribution in [0, 0.1) is 0 Å². The van der Waals surface area contributed by atoms with Crippen molar-refractivity contribution in [1.82, 2.24) is 0 Å². The maximum absolute atomic E-state index is 13.0. The van der Waals surface area contributed by atoms with E-state index in [4.69, 9.17) is 0 Å². The Balaban J connectivity index is 2.74. The summed E-state index contributed by atoms with van der Waals surface area (Å²) in [6.45, 7) is 0. The van der Waals surface area contributed by atoms with Gasteiger partial charge in [0.05, 0.1) is 0 Å². The zero-order chi connectivity index (χ0) is 11.9. The van der Waals surface area contributed by atoms with Gasteiger partial charge in [0, 0.05) is 0 Å². The molecule has 3 atom stereocenters. The van der Waals surface area contributed by atoms with Gasteiger partial charge in [-0.1, -0.05) is 15.9 Å². The van der Waals surface area contributed by atoms with Gasteiger partial charge in [-0.15, -0.1) is 0 Å². The lowest BCUT2D eigenvalue weighted by molar-refractivity contribution is -0.268. The van der Waals surface area contributed by atoms with Gasteiger partial charge >= 0.3 is 12.1 Å². The molecule has 1 aliphatic heterocycles. The van der Waals surface area contributed by atoms with Crippen LogP contribution in [0.2, 0.25) is 0 Å². The van der Waals surface area contributed by atoms with Crippen molar-refractivity contribution in [2.45, 2.75) is 42.2 Å². The molecule has 1 saturated heterocycles. The summed E-state index contributed by atoms with van der Waals surface area (Å²) in [5.41, 5.74) is 0. The maximum Gasteiger partial charge on any atom is 0.425 e. The first kappa shape index (κ1) is 13.1. The molecule has 1 nitrogen and oxygen atoms in total. The Morgan fingerprint density at radius 1 is 1.13 bits per heavy atom. The maximum atomic E-state index is 13.0. The summed E-state index contributed by atoms with van der Waals surface area (Å²) in [4.78, 5) is 0. The van der Waals surface area contributed by atoms with Crippen LogP contribution in [0.3, 0.4) is 0 Å². The van der Waals surface area contributed by atoms with Gasteiger partial charge in [-0.3, -0.25) is 0 Å². The minimum absolute atomic E-state index is 0.130. The second kappa shape index (κ2) is 4.12. The second-order valence-corrected chi connectivity index (χ2v) is 4.21. The van der Waals surface area contributed by atoms with Crippen LogP contribution in [-0.2, 0) is 4.74 Å². The van der Waals surface area contributed by atoms with E-state index in [1.165, 1.54) is 0 Å². The van der Waals surface area contributed by atoms with Gasteiger partial charge in [-0.05, 0) is 12.8 Å². The predicted octanol–water partition coefficient (Wildman–Crippen LogP) is 3.42. The summed E-state index contributed by atoms with van der Waals surface area (Å²) >= 11 is 2.81. The zero-order valence-corrected chi connectivity index (χ0v) is 8.79. The molecular formula is C7H7BrF6O. The Hall–Kier alpha value is 0.0200. The average molecular weight is 301 g/mol. The van der Waals surface area contributed by atoms with Gasteiger partial charge in [0.1, 0.15) is 11.1 Å². The van der Waals surface area contributed by atoms with Gasteiger partial charge in [0.15, 0.2) is 0 Å². The SMILES string of the molecule is FC(C(F)(F)F)C(F)(F)C1CCC(Br)O1. The summed E-state index contributed by atoms with van der Waals surface area (Å²) in [5, 5.41) is -0.742. The lowest BCUT2D eigenvalue weighted by Gasteiger charge is -2.27. The third-order valence-corrected chi connectivity index (χ3v) is 2.70. The van der Waals surface area contributed by atoms with Crippen LogP contribution in [0.25, 0.3) is 0 Å². The van der Waals surface area contributed by atoms with Crippen molar-refractivity contribution in [3.05, 3.63) is 0 Å². The van der Waals surface area contributed by atoms with E-state index in [-0.39, 0.29) is 12.8 Å². The molecule has 1 aliphatic rings. The molecule has 8 heteroatoms. The lowest BCUT2D eigenvalue weighted by atomic mass is 10.0. The highest BCUT2D eigenvalue weighted by Gasteiger charge is 2.62. The Bertz CT molecular complexity index is 230. The van der Waals surface area contributed by atoms with Crippen LogP contribution in [-0.4, -0.2) is 29.4 Å². The van der Waals surface area contributed by atoms with Crippen LogP contribution in [0.4, 0.5) is 26.3 Å². The average Bonchev–Trinajstić information content (AvgIpc) is 2.49. The Labute approximate surface area is 89.9 Å². The van der Waals surface area contributed by atoms with Gasteiger partial charge in [0.25, 0.3) is 6.17 Å². The quantitative estimate of drug-likeness (QED) is 0.561. The molecule has 0 saturated carbocycles. The smallest absolute Gasteiger partial charge is 0.357 e. The largest absolute Gasteiger partial charge is 0.425 e. The minimum Gasteiger partial charge on any atom is -0.357 e. The fourth-order valence-corrected chi connectivity index (χ4v) is 1.79. The van der Waals surface area contributed by atoms with Crippen molar-refractivity contribution >= 4 is 15.9 Å². The predicted molar refractivity (Wildman–Crippen MR) is 42.7 cm³/mol. The summed E-state index contributed by atoms with van der Waals surface area (Å²) in [6, 6.07) is 0. The first-order valence-electron chi connectivity index (χ1n) is 4.04. The number of hydrogen-bond donors (Lipinski definition) is 0. The third-order valence-electron chi connectivity index (χ3n) is 2.02. The van der Waals surface area contributed by atoms with Crippen molar-refractivity contribution in [3.63, 3.8) is 0 Å². The fourth-order valence-electron chi connectivity index (χ4n) is 1.26. The normalized spacial score (nSPS) is 30.6.